The Morgan fingerprint density at radius 3 is 2.21 bits per heavy atom. The lowest BCUT2D eigenvalue weighted by Crippen LogP contribution is -2.47. The van der Waals surface area contributed by atoms with Crippen LogP contribution in [-0.4, -0.2) is 33.5 Å². The molecule has 0 aromatic rings. The van der Waals surface area contributed by atoms with Crippen LogP contribution in [-0.2, 0) is 9.59 Å². The lowest BCUT2D eigenvalue weighted by Gasteiger charge is -2.27. The van der Waals surface area contributed by atoms with E-state index < -0.39 is 16.8 Å². The molecule has 0 rings (SSSR count). The van der Waals surface area contributed by atoms with E-state index in [0.717, 1.165) is 11.8 Å². The summed E-state index contributed by atoms with van der Waals surface area (Å²) in [6, 6.07) is 0. The van der Waals surface area contributed by atoms with Crippen molar-refractivity contribution in [2.24, 2.45) is 5.92 Å². The number of nitrogens with one attached hydrogen (secondary N) is 1. The molecule has 2 N–H and O–H groups in total. The van der Waals surface area contributed by atoms with Crippen molar-refractivity contribution in [3.8, 4) is 12.3 Å². The van der Waals surface area contributed by atoms with E-state index in [1.54, 1.807) is 0 Å². The molecule has 0 bridgehead atoms. The molecule has 4 nitrogen and oxygen atoms in total. The average molecular weight is 285 g/mol. The number of thioether (sulfide) groups is 1. The number of carbonyl (C=O) groups is 2. The maximum Gasteiger partial charge on any atom is 0.316 e. The Hall–Kier alpha value is -1.15. The zero-order valence-corrected chi connectivity index (χ0v) is 12.8. The van der Waals surface area contributed by atoms with Gasteiger partial charge in [-0.3, -0.25) is 9.59 Å². The molecular weight excluding hydrogens is 262 g/mol. The minimum Gasteiger partial charge on any atom is -0.480 e. The Balaban J connectivity index is 4.48. The van der Waals surface area contributed by atoms with Crippen molar-refractivity contribution >= 4 is 23.6 Å². The van der Waals surface area contributed by atoms with Crippen LogP contribution in [0.1, 0.15) is 40.5 Å². The van der Waals surface area contributed by atoms with Gasteiger partial charge in [-0.2, -0.15) is 0 Å². The normalized spacial score (nSPS) is 12.8. The highest BCUT2D eigenvalue weighted by atomic mass is 32.2. The Kier molecular flexibility index (Phi) is 7.62. The van der Waals surface area contributed by atoms with E-state index in [1.165, 1.54) is 0 Å². The number of aliphatic carboxylic acids is 1. The molecule has 0 heterocycles. The fourth-order valence-corrected chi connectivity index (χ4v) is 2.61. The van der Waals surface area contributed by atoms with Crippen LogP contribution >= 0.6 is 11.8 Å². The van der Waals surface area contributed by atoms with Gasteiger partial charge in [-0.05, 0) is 18.8 Å². The van der Waals surface area contributed by atoms with Crippen LogP contribution < -0.4 is 5.32 Å². The molecule has 5 heteroatoms. The molecule has 1 atom stereocenters. The average Bonchev–Trinajstić information content (AvgIpc) is 2.35. The summed E-state index contributed by atoms with van der Waals surface area (Å²) in [6.45, 7) is 7.50. The summed E-state index contributed by atoms with van der Waals surface area (Å²) in [5, 5.41) is 11.3. The molecule has 1 unspecified atom stereocenters. The second-order valence-electron chi connectivity index (χ2n) is 4.80. The molecule has 0 radical (unpaired) electrons. The third-order valence-corrected chi connectivity index (χ3v) is 4.64. The molecule has 0 aliphatic carbocycles. The molecule has 0 fully saturated rings. The minimum atomic E-state index is -0.887. The number of amides is 1. The Bertz CT molecular complexity index is 356. The molecule has 0 saturated heterocycles. The fourth-order valence-electron chi connectivity index (χ4n) is 1.68. The maximum atomic E-state index is 11.9. The summed E-state index contributed by atoms with van der Waals surface area (Å²) in [4.78, 5) is 22.9. The van der Waals surface area contributed by atoms with Crippen LogP contribution in [0.25, 0.3) is 0 Å². The van der Waals surface area contributed by atoms with E-state index in [-0.39, 0.29) is 17.6 Å². The van der Waals surface area contributed by atoms with Gasteiger partial charge in [0.15, 0.2) is 0 Å². The van der Waals surface area contributed by atoms with Gasteiger partial charge >= 0.3 is 5.97 Å². The molecule has 0 spiro atoms. The SMILES string of the molecule is C#CC(CC)(CC)NC(=O)CSC(C(=O)O)C(C)C. The van der Waals surface area contributed by atoms with Crippen molar-refractivity contribution in [3.63, 3.8) is 0 Å². The van der Waals surface area contributed by atoms with Crippen LogP contribution in [0.3, 0.4) is 0 Å². The quantitative estimate of drug-likeness (QED) is 0.671. The summed E-state index contributed by atoms with van der Waals surface area (Å²) < 4.78 is 0. The Morgan fingerprint density at radius 2 is 1.89 bits per heavy atom. The number of rotatable bonds is 8. The van der Waals surface area contributed by atoms with Gasteiger partial charge in [-0.1, -0.05) is 33.6 Å². The summed E-state index contributed by atoms with van der Waals surface area (Å²) in [5.74, 6) is 1.61. The summed E-state index contributed by atoms with van der Waals surface area (Å²) in [7, 11) is 0. The maximum absolute atomic E-state index is 11.9. The number of carboxylic acid groups (broad SMARTS) is 1. The second-order valence-corrected chi connectivity index (χ2v) is 5.93. The van der Waals surface area contributed by atoms with Crippen LogP contribution in [0.2, 0.25) is 0 Å². The van der Waals surface area contributed by atoms with E-state index >= 15 is 0 Å². The van der Waals surface area contributed by atoms with Crippen molar-refractivity contribution in [1.82, 2.24) is 5.32 Å². The van der Waals surface area contributed by atoms with Gasteiger partial charge in [0.1, 0.15) is 10.8 Å². The molecule has 19 heavy (non-hydrogen) atoms. The number of carboxylic acids is 1. The number of carbonyl (C=O) groups excluding carboxylic acids is 1. The molecule has 0 aliphatic heterocycles. The van der Waals surface area contributed by atoms with Gasteiger partial charge in [0, 0.05) is 0 Å². The Morgan fingerprint density at radius 1 is 1.37 bits per heavy atom. The monoisotopic (exact) mass is 285 g/mol. The van der Waals surface area contributed by atoms with Crippen molar-refractivity contribution in [3.05, 3.63) is 0 Å². The lowest BCUT2D eigenvalue weighted by atomic mass is 9.94. The van der Waals surface area contributed by atoms with E-state index in [0.29, 0.717) is 12.8 Å². The Labute approximate surface area is 119 Å². The molecular formula is C14H23NO3S. The van der Waals surface area contributed by atoms with E-state index in [4.69, 9.17) is 11.5 Å². The van der Waals surface area contributed by atoms with Crippen molar-refractivity contribution in [1.29, 1.82) is 0 Å². The van der Waals surface area contributed by atoms with Crippen LogP contribution in [0.5, 0.6) is 0 Å². The zero-order valence-electron chi connectivity index (χ0n) is 12.0. The first-order valence-corrected chi connectivity index (χ1v) is 7.50. The molecule has 0 aromatic heterocycles. The third kappa shape index (κ3) is 5.56. The van der Waals surface area contributed by atoms with Crippen molar-refractivity contribution in [2.45, 2.75) is 51.3 Å². The number of hydrogen-bond acceptors (Lipinski definition) is 3. The molecule has 108 valence electrons. The topological polar surface area (TPSA) is 66.4 Å². The first kappa shape index (κ1) is 17.8. The second kappa shape index (κ2) is 8.11. The standard InChI is InChI=1S/C14H23NO3S/c1-6-14(7-2,8-3)15-11(16)9-19-12(10(4)5)13(17)18/h1,10,12H,7-9H2,2-5H3,(H,15,16)(H,17,18). The van der Waals surface area contributed by atoms with Gasteiger partial charge in [0.25, 0.3) is 0 Å². The van der Waals surface area contributed by atoms with Gasteiger partial charge < -0.3 is 10.4 Å². The largest absolute Gasteiger partial charge is 0.480 e. The minimum absolute atomic E-state index is 0.0231. The number of hydrogen-bond donors (Lipinski definition) is 2. The first-order chi connectivity index (χ1) is 8.81. The first-order valence-electron chi connectivity index (χ1n) is 6.45. The predicted octanol–water partition coefficient (Wildman–Crippen LogP) is 2.14. The van der Waals surface area contributed by atoms with E-state index in [1.807, 2.05) is 27.7 Å². The smallest absolute Gasteiger partial charge is 0.316 e. The van der Waals surface area contributed by atoms with Gasteiger partial charge in [-0.25, -0.2) is 0 Å². The van der Waals surface area contributed by atoms with Crippen LogP contribution in [0, 0.1) is 18.3 Å². The molecule has 1 amide bonds. The highest BCUT2D eigenvalue weighted by Crippen LogP contribution is 2.20. The highest BCUT2D eigenvalue weighted by Gasteiger charge is 2.27. The van der Waals surface area contributed by atoms with Gasteiger partial charge in [-0.15, -0.1) is 18.2 Å². The third-order valence-electron chi connectivity index (χ3n) is 3.10. The fraction of sp³-hybridized carbons (Fsp3) is 0.714. The lowest BCUT2D eigenvalue weighted by molar-refractivity contribution is -0.137. The van der Waals surface area contributed by atoms with E-state index in [9.17, 15) is 9.59 Å². The summed E-state index contributed by atoms with van der Waals surface area (Å²) in [6.07, 6.45) is 6.78. The highest BCUT2D eigenvalue weighted by molar-refractivity contribution is 8.01. The molecule has 0 aromatic carbocycles. The van der Waals surface area contributed by atoms with Gasteiger partial charge in [0.2, 0.25) is 5.91 Å². The number of terminal acetylenes is 1. The van der Waals surface area contributed by atoms with Gasteiger partial charge in [0.05, 0.1) is 5.75 Å². The van der Waals surface area contributed by atoms with Crippen molar-refractivity contribution < 1.29 is 14.7 Å². The summed E-state index contributed by atoms with van der Waals surface area (Å²) >= 11 is 1.14. The van der Waals surface area contributed by atoms with Crippen LogP contribution in [0.4, 0.5) is 0 Å². The molecule has 0 saturated carbocycles. The van der Waals surface area contributed by atoms with Crippen LogP contribution in [0.15, 0.2) is 0 Å². The van der Waals surface area contributed by atoms with E-state index in [2.05, 4.69) is 11.2 Å². The molecule has 0 aliphatic rings. The predicted molar refractivity (Wildman–Crippen MR) is 79.0 cm³/mol. The zero-order chi connectivity index (χ0) is 15.1. The summed E-state index contributed by atoms with van der Waals surface area (Å²) in [5.41, 5.74) is -0.617. The van der Waals surface area contributed by atoms with Crippen molar-refractivity contribution in [2.75, 3.05) is 5.75 Å².